The van der Waals surface area contributed by atoms with E-state index in [0.717, 1.165) is 12.1 Å². The minimum atomic E-state index is -0.223. The molecule has 0 fully saturated rings. The van der Waals surface area contributed by atoms with Gasteiger partial charge in [-0.2, -0.15) is 0 Å². The number of aryl methyl sites for hydroxylation is 1. The van der Waals surface area contributed by atoms with Gasteiger partial charge in [0.05, 0.1) is 21.8 Å². The highest BCUT2D eigenvalue weighted by molar-refractivity contribution is 7.12. The van der Waals surface area contributed by atoms with Crippen LogP contribution in [0, 0.1) is 12.8 Å². The number of thiophene rings is 1. The third-order valence-corrected chi connectivity index (χ3v) is 4.36. The Kier molecular flexibility index (Phi) is 3.55. The largest absolute Gasteiger partial charge is 0.294 e. The molecular formula is C15H15N3O2S. The fourth-order valence-electron chi connectivity index (χ4n) is 2.59. The summed E-state index contributed by atoms with van der Waals surface area (Å²) >= 11 is 1.36. The molecule has 5 nitrogen and oxygen atoms in total. The number of nitrogens with one attached hydrogen (secondary N) is 1. The number of anilines is 1. The van der Waals surface area contributed by atoms with Crippen molar-refractivity contribution in [1.29, 1.82) is 0 Å². The van der Waals surface area contributed by atoms with Gasteiger partial charge in [-0.25, -0.2) is 9.97 Å². The lowest BCUT2D eigenvalue weighted by Crippen LogP contribution is -2.23. The third-order valence-electron chi connectivity index (χ3n) is 3.49. The van der Waals surface area contributed by atoms with Crippen LogP contribution in [0.1, 0.15) is 44.8 Å². The summed E-state index contributed by atoms with van der Waals surface area (Å²) in [6, 6.07) is 3.57. The summed E-state index contributed by atoms with van der Waals surface area (Å²) in [6.45, 7) is 3.82. The maximum atomic E-state index is 12.1. The standard InChI is InChI=1S/C15H15N3O2S/c1-8-6-10-13(11(19)7-8)9(2)16-15(17-10)18-14(20)12-4-3-5-21-12/h3-5,8H,6-7H2,1-2H3,(H,16,17,18,20)/t8-/m0/s1. The van der Waals surface area contributed by atoms with Crippen LogP contribution in [0.15, 0.2) is 17.5 Å². The van der Waals surface area contributed by atoms with Crippen molar-refractivity contribution in [3.05, 3.63) is 39.3 Å². The van der Waals surface area contributed by atoms with Gasteiger partial charge in [0.15, 0.2) is 5.78 Å². The van der Waals surface area contributed by atoms with Gasteiger partial charge < -0.3 is 0 Å². The molecule has 0 unspecified atom stereocenters. The van der Waals surface area contributed by atoms with Crippen LogP contribution in [-0.4, -0.2) is 21.7 Å². The predicted octanol–water partition coefficient (Wildman–Crippen LogP) is 2.86. The molecule has 1 amide bonds. The zero-order valence-corrected chi connectivity index (χ0v) is 12.7. The van der Waals surface area contributed by atoms with Gasteiger partial charge >= 0.3 is 0 Å². The average Bonchev–Trinajstić information content (AvgIpc) is 2.90. The van der Waals surface area contributed by atoms with Crippen molar-refractivity contribution in [3.63, 3.8) is 0 Å². The molecule has 1 atom stereocenters. The number of hydrogen-bond acceptors (Lipinski definition) is 5. The molecule has 6 heteroatoms. The Hall–Kier alpha value is -2.08. The number of nitrogens with zero attached hydrogens (tertiary/aromatic N) is 2. The molecule has 2 heterocycles. The molecule has 2 aromatic heterocycles. The van der Waals surface area contributed by atoms with Gasteiger partial charge in [0.25, 0.3) is 5.91 Å². The van der Waals surface area contributed by atoms with Crippen LogP contribution >= 0.6 is 11.3 Å². The number of rotatable bonds is 2. The van der Waals surface area contributed by atoms with Crippen LogP contribution in [0.25, 0.3) is 0 Å². The number of Topliss-reactive ketones (excluding diaryl/α,β-unsaturated/α-hetero) is 1. The lowest BCUT2D eigenvalue weighted by Gasteiger charge is -2.21. The molecule has 0 spiro atoms. The van der Waals surface area contributed by atoms with Crippen LogP contribution < -0.4 is 5.32 Å². The quantitative estimate of drug-likeness (QED) is 0.925. The molecule has 0 radical (unpaired) electrons. The number of ketones is 1. The van der Waals surface area contributed by atoms with Gasteiger partial charge in [-0.15, -0.1) is 11.3 Å². The van der Waals surface area contributed by atoms with Gasteiger partial charge in [0.1, 0.15) is 0 Å². The Labute approximate surface area is 126 Å². The first-order valence-electron chi connectivity index (χ1n) is 6.80. The van der Waals surface area contributed by atoms with Crippen molar-refractivity contribution in [2.45, 2.75) is 26.7 Å². The minimum Gasteiger partial charge on any atom is -0.294 e. The van der Waals surface area contributed by atoms with E-state index < -0.39 is 0 Å². The van der Waals surface area contributed by atoms with E-state index in [1.165, 1.54) is 11.3 Å². The molecule has 21 heavy (non-hydrogen) atoms. The highest BCUT2D eigenvalue weighted by atomic mass is 32.1. The summed E-state index contributed by atoms with van der Waals surface area (Å²) < 4.78 is 0. The summed E-state index contributed by atoms with van der Waals surface area (Å²) in [6.07, 6.45) is 1.28. The summed E-state index contributed by atoms with van der Waals surface area (Å²) in [7, 11) is 0. The first kappa shape index (κ1) is 13.9. The van der Waals surface area contributed by atoms with E-state index in [1.54, 1.807) is 13.0 Å². The number of hydrogen-bond donors (Lipinski definition) is 1. The van der Waals surface area contributed by atoms with E-state index in [-0.39, 0.29) is 23.6 Å². The lowest BCUT2D eigenvalue weighted by molar-refractivity contribution is 0.0950. The Morgan fingerprint density at radius 2 is 2.19 bits per heavy atom. The number of aromatic nitrogens is 2. The maximum absolute atomic E-state index is 12.1. The zero-order valence-electron chi connectivity index (χ0n) is 11.8. The maximum Gasteiger partial charge on any atom is 0.268 e. The molecule has 0 aromatic carbocycles. The Balaban J connectivity index is 1.91. The van der Waals surface area contributed by atoms with E-state index in [1.807, 2.05) is 18.4 Å². The van der Waals surface area contributed by atoms with Crippen molar-refractivity contribution in [2.24, 2.45) is 5.92 Å². The Morgan fingerprint density at radius 1 is 1.38 bits per heavy atom. The smallest absolute Gasteiger partial charge is 0.268 e. The molecule has 0 bridgehead atoms. The number of fused-ring (bicyclic) bond motifs is 1. The number of carbonyl (C=O) groups excluding carboxylic acids is 2. The summed E-state index contributed by atoms with van der Waals surface area (Å²) in [4.78, 5) is 33.3. The van der Waals surface area contributed by atoms with Crippen LogP contribution in [0.5, 0.6) is 0 Å². The first-order valence-corrected chi connectivity index (χ1v) is 7.68. The van der Waals surface area contributed by atoms with E-state index in [4.69, 9.17) is 0 Å². The summed E-state index contributed by atoms with van der Waals surface area (Å²) in [5.41, 5.74) is 2.01. The highest BCUT2D eigenvalue weighted by Gasteiger charge is 2.27. The molecule has 1 aliphatic rings. The molecular weight excluding hydrogens is 286 g/mol. The van der Waals surface area contributed by atoms with E-state index in [2.05, 4.69) is 15.3 Å². The molecule has 1 N–H and O–H groups in total. The molecule has 108 valence electrons. The number of carbonyl (C=O) groups is 2. The van der Waals surface area contributed by atoms with Crippen molar-refractivity contribution >= 4 is 29.0 Å². The van der Waals surface area contributed by atoms with E-state index in [0.29, 0.717) is 22.6 Å². The van der Waals surface area contributed by atoms with Crippen LogP contribution in [0.3, 0.4) is 0 Å². The summed E-state index contributed by atoms with van der Waals surface area (Å²) in [5.74, 6) is 0.420. The topological polar surface area (TPSA) is 72.0 Å². The fraction of sp³-hybridized carbons (Fsp3) is 0.333. The fourth-order valence-corrected chi connectivity index (χ4v) is 3.21. The number of amides is 1. The minimum absolute atomic E-state index is 0.0948. The van der Waals surface area contributed by atoms with Gasteiger partial charge in [-0.05, 0) is 30.7 Å². The van der Waals surface area contributed by atoms with Crippen molar-refractivity contribution in [3.8, 4) is 0 Å². The SMILES string of the molecule is Cc1nc(NC(=O)c2cccs2)nc2c1C(=O)C[C@@H](C)C2. The molecule has 0 saturated carbocycles. The van der Waals surface area contributed by atoms with Crippen molar-refractivity contribution in [1.82, 2.24) is 9.97 Å². The van der Waals surface area contributed by atoms with E-state index >= 15 is 0 Å². The second kappa shape index (κ2) is 5.37. The second-order valence-electron chi connectivity index (χ2n) is 5.32. The second-order valence-corrected chi connectivity index (χ2v) is 6.27. The monoisotopic (exact) mass is 301 g/mol. The third kappa shape index (κ3) is 2.71. The van der Waals surface area contributed by atoms with Crippen LogP contribution in [-0.2, 0) is 6.42 Å². The van der Waals surface area contributed by atoms with Crippen molar-refractivity contribution in [2.75, 3.05) is 5.32 Å². The van der Waals surface area contributed by atoms with Gasteiger partial charge in [0.2, 0.25) is 5.95 Å². The lowest BCUT2D eigenvalue weighted by atomic mass is 9.86. The zero-order chi connectivity index (χ0) is 15.0. The van der Waals surface area contributed by atoms with Crippen molar-refractivity contribution < 1.29 is 9.59 Å². The molecule has 3 rings (SSSR count). The predicted molar refractivity (Wildman–Crippen MR) is 80.9 cm³/mol. The van der Waals surface area contributed by atoms with Crippen LogP contribution in [0.2, 0.25) is 0 Å². The normalized spacial score (nSPS) is 17.4. The molecule has 1 aliphatic carbocycles. The molecule has 0 saturated heterocycles. The average molecular weight is 301 g/mol. The molecule has 2 aromatic rings. The first-order chi connectivity index (χ1) is 10.0. The van der Waals surface area contributed by atoms with Gasteiger partial charge in [0, 0.05) is 6.42 Å². The summed E-state index contributed by atoms with van der Waals surface area (Å²) in [5, 5.41) is 4.54. The van der Waals surface area contributed by atoms with E-state index in [9.17, 15) is 9.59 Å². The van der Waals surface area contributed by atoms with Gasteiger partial charge in [-0.1, -0.05) is 13.0 Å². The molecule has 0 aliphatic heterocycles. The van der Waals surface area contributed by atoms with Crippen LogP contribution in [0.4, 0.5) is 5.95 Å². The van der Waals surface area contributed by atoms with Gasteiger partial charge in [-0.3, -0.25) is 14.9 Å². The Bertz CT molecular complexity index is 710. The highest BCUT2D eigenvalue weighted by Crippen LogP contribution is 2.26. The Morgan fingerprint density at radius 3 is 2.90 bits per heavy atom.